The summed E-state index contributed by atoms with van der Waals surface area (Å²) in [5, 5.41) is 25.3. The van der Waals surface area contributed by atoms with Crippen molar-refractivity contribution in [2.75, 3.05) is 0 Å². The Morgan fingerprint density at radius 1 is 1.04 bits per heavy atom. The molecule has 1 fully saturated rings. The maximum atomic E-state index is 12.1. The highest BCUT2D eigenvalue weighted by Crippen LogP contribution is 2.56. The van der Waals surface area contributed by atoms with Gasteiger partial charge in [-0.25, -0.2) is 9.78 Å². The Labute approximate surface area is 165 Å². The fourth-order valence-electron chi connectivity index (χ4n) is 4.02. The molecule has 0 bridgehead atoms. The van der Waals surface area contributed by atoms with E-state index in [0.717, 1.165) is 29.5 Å². The number of hydrogen-bond acceptors (Lipinski definition) is 4. The molecule has 0 spiro atoms. The third-order valence-corrected chi connectivity index (χ3v) is 6.25. The van der Waals surface area contributed by atoms with E-state index in [1.807, 2.05) is 59.3 Å². The van der Waals surface area contributed by atoms with Crippen LogP contribution in [-0.2, 0) is 5.41 Å². The largest absolute Gasteiger partial charge is 0.505 e. The summed E-state index contributed by atoms with van der Waals surface area (Å²) < 4.78 is 0. The van der Waals surface area contributed by atoms with E-state index in [4.69, 9.17) is 4.98 Å². The van der Waals surface area contributed by atoms with Gasteiger partial charge in [0.05, 0.1) is 11.2 Å². The minimum absolute atomic E-state index is 0.0701. The number of thiophene rings is 1. The van der Waals surface area contributed by atoms with Crippen LogP contribution < -0.4 is 0 Å². The molecule has 4 aromatic rings. The van der Waals surface area contributed by atoms with Crippen LogP contribution in [-0.4, -0.2) is 21.2 Å². The number of benzene rings is 2. The summed E-state index contributed by atoms with van der Waals surface area (Å²) in [5.41, 5.74) is 3.53. The second kappa shape index (κ2) is 6.17. The molecule has 4 nitrogen and oxygen atoms in total. The number of aromatic hydroxyl groups is 1. The molecule has 2 aromatic heterocycles. The highest BCUT2D eigenvalue weighted by molar-refractivity contribution is 7.08. The van der Waals surface area contributed by atoms with E-state index >= 15 is 0 Å². The van der Waals surface area contributed by atoms with Gasteiger partial charge in [-0.3, -0.25) is 0 Å². The van der Waals surface area contributed by atoms with Crippen LogP contribution in [0.4, 0.5) is 0 Å². The Kier molecular flexibility index (Phi) is 3.74. The predicted octanol–water partition coefficient (Wildman–Crippen LogP) is 5.45. The minimum atomic E-state index is -1.14. The molecule has 2 heterocycles. The molecule has 2 N–H and O–H groups in total. The fraction of sp³-hybridized carbons (Fsp3) is 0.130. The van der Waals surface area contributed by atoms with E-state index < -0.39 is 11.4 Å². The number of carboxylic acids is 1. The Balaban J connectivity index is 1.85. The Bertz CT molecular complexity index is 1200. The lowest BCUT2D eigenvalue weighted by atomic mass is 9.88. The minimum Gasteiger partial charge on any atom is -0.505 e. The SMILES string of the molecule is O=C(O)c1c(O)c(C2(c3ccccc3)CC2)nc2c(-c3ccsc3)cccc12. The van der Waals surface area contributed by atoms with Gasteiger partial charge >= 0.3 is 5.97 Å². The molecule has 0 amide bonds. The molecule has 28 heavy (non-hydrogen) atoms. The number of nitrogens with zero attached hydrogens (tertiary/aromatic N) is 1. The van der Waals surface area contributed by atoms with Crippen LogP contribution in [0.3, 0.4) is 0 Å². The second-order valence-electron chi connectivity index (χ2n) is 7.15. The molecule has 5 heteroatoms. The van der Waals surface area contributed by atoms with Gasteiger partial charge in [0.2, 0.25) is 0 Å². The van der Waals surface area contributed by atoms with Crippen molar-refractivity contribution in [2.45, 2.75) is 18.3 Å². The van der Waals surface area contributed by atoms with Gasteiger partial charge in [-0.05, 0) is 40.8 Å². The summed E-state index contributed by atoms with van der Waals surface area (Å²) in [4.78, 5) is 17.0. The zero-order chi connectivity index (χ0) is 19.3. The van der Waals surface area contributed by atoms with E-state index in [1.54, 1.807) is 17.4 Å². The topological polar surface area (TPSA) is 70.4 Å². The summed E-state index contributed by atoms with van der Waals surface area (Å²) in [6.45, 7) is 0. The number of carbonyl (C=O) groups is 1. The highest BCUT2D eigenvalue weighted by atomic mass is 32.1. The van der Waals surface area contributed by atoms with Crippen molar-refractivity contribution in [3.63, 3.8) is 0 Å². The van der Waals surface area contributed by atoms with E-state index in [1.165, 1.54) is 0 Å². The van der Waals surface area contributed by atoms with Crippen LogP contribution >= 0.6 is 11.3 Å². The molecule has 5 rings (SSSR count). The number of fused-ring (bicyclic) bond motifs is 1. The number of pyridine rings is 1. The molecule has 0 saturated heterocycles. The zero-order valence-electron chi connectivity index (χ0n) is 14.9. The van der Waals surface area contributed by atoms with Crippen molar-refractivity contribution in [3.8, 4) is 16.9 Å². The van der Waals surface area contributed by atoms with Crippen LogP contribution in [0.25, 0.3) is 22.0 Å². The van der Waals surface area contributed by atoms with Crippen LogP contribution in [0.5, 0.6) is 5.75 Å². The molecular weight excluding hydrogens is 370 g/mol. The van der Waals surface area contributed by atoms with Gasteiger partial charge in [0, 0.05) is 16.4 Å². The molecule has 1 aliphatic carbocycles. The molecular formula is C23H17NO3S. The van der Waals surface area contributed by atoms with E-state index in [9.17, 15) is 15.0 Å². The summed E-state index contributed by atoms with van der Waals surface area (Å²) in [7, 11) is 0. The third kappa shape index (κ3) is 2.43. The van der Waals surface area contributed by atoms with Gasteiger partial charge in [0.15, 0.2) is 5.75 Å². The molecule has 1 saturated carbocycles. The van der Waals surface area contributed by atoms with Crippen molar-refractivity contribution in [1.29, 1.82) is 0 Å². The molecule has 1 aliphatic rings. The molecule has 138 valence electrons. The quantitative estimate of drug-likeness (QED) is 0.489. The fourth-order valence-corrected chi connectivity index (χ4v) is 4.68. The average molecular weight is 387 g/mol. The van der Waals surface area contributed by atoms with Crippen molar-refractivity contribution in [1.82, 2.24) is 4.98 Å². The summed E-state index contributed by atoms with van der Waals surface area (Å²) in [6.07, 6.45) is 1.67. The van der Waals surface area contributed by atoms with Gasteiger partial charge in [0.25, 0.3) is 0 Å². The van der Waals surface area contributed by atoms with Crippen LogP contribution in [0, 0.1) is 0 Å². The number of aromatic nitrogens is 1. The van der Waals surface area contributed by atoms with Crippen LogP contribution in [0.15, 0.2) is 65.4 Å². The average Bonchev–Trinajstić information content (AvgIpc) is 3.33. The lowest BCUT2D eigenvalue weighted by molar-refractivity contribution is 0.0695. The lowest BCUT2D eigenvalue weighted by Gasteiger charge is -2.20. The van der Waals surface area contributed by atoms with Crippen molar-refractivity contribution in [3.05, 3.63) is 82.2 Å². The maximum absolute atomic E-state index is 12.1. The lowest BCUT2D eigenvalue weighted by Crippen LogP contribution is -2.14. The first-order valence-electron chi connectivity index (χ1n) is 9.09. The first-order chi connectivity index (χ1) is 13.6. The van der Waals surface area contributed by atoms with Gasteiger partial charge < -0.3 is 10.2 Å². The second-order valence-corrected chi connectivity index (χ2v) is 7.93. The monoisotopic (exact) mass is 387 g/mol. The third-order valence-electron chi connectivity index (χ3n) is 5.57. The number of hydrogen-bond donors (Lipinski definition) is 2. The van der Waals surface area contributed by atoms with E-state index in [-0.39, 0.29) is 11.3 Å². The number of para-hydroxylation sites is 1. The van der Waals surface area contributed by atoms with E-state index in [0.29, 0.717) is 16.6 Å². The Hall–Kier alpha value is -3.18. The highest BCUT2D eigenvalue weighted by Gasteiger charge is 2.50. The molecule has 2 aromatic carbocycles. The summed E-state index contributed by atoms with van der Waals surface area (Å²) >= 11 is 1.58. The first kappa shape index (κ1) is 17.0. The molecule has 0 aliphatic heterocycles. The van der Waals surface area contributed by atoms with Crippen molar-refractivity contribution in [2.24, 2.45) is 0 Å². The summed E-state index contributed by atoms with van der Waals surface area (Å²) in [5.74, 6) is -1.36. The number of aromatic carboxylic acids is 1. The first-order valence-corrected chi connectivity index (χ1v) is 10.0. The van der Waals surface area contributed by atoms with Crippen molar-refractivity contribution < 1.29 is 15.0 Å². The Morgan fingerprint density at radius 2 is 1.82 bits per heavy atom. The van der Waals surface area contributed by atoms with Crippen molar-refractivity contribution >= 4 is 28.2 Å². The van der Waals surface area contributed by atoms with Gasteiger partial charge in [-0.15, -0.1) is 0 Å². The normalized spacial score (nSPS) is 14.9. The predicted molar refractivity (Wildman–Crippen MR) is 110 cm³/mol. The number of rotatable bonds is 4. The van der Waals surface area contributed by atoms with Gasteiger partial charge in [-0.1, -0.05) is 48.5 Å². The van der Waals surface area contributed by atoms with Gasteiger partial charge in [-0.2, -0.15) is 11.3 Å². The molecule has 0 atom stereocenters. The smallest absolute Gasteiger partial charge is 0.340 e. The maximum Gasteiger partial charge on any atom is 0.340 e. The summed E-state index contributed by atoms with van der Waals surface area (Å²) in [6, 6.07) is 17.4. The van der Waals surface area contributed by atoms with Gasteiger partial charge in [0.1, 0.15) is 5.56 Å². The standard InChI is InChI=1S/C23H17NO3S/c25-20-18(22(26)27)17-8-4-7-16(14-9-12-28-13-14)19(17)24-21(20)23(10-11-23)15-5-2-1-3-6-15/h1-9,12-13,25H,10-11H2,(H,26,27). The van der Waals surface area contributed by atoms with E-state index in [2.05, 4.69) is 0 Å². The van der Waals surface area contributed by atoms with Crippen LogP contribution in [0.2, 0.25) is 0 Å². The molecule has 0 unspecified atom stereocenters. The Morgan fingerprint density at radius 3 is 2.46 bits per heavy atom. The number of carboxylic acid groups (broad SMARTS) is 1. The molecule has 0 radical (unpaired) electrons. The van der Waals surface area contributed by atoms with Crippen LogP contribution in [0.1, 0.15) is 34.5 Å². The zero-order valence-corrected chi connectivity index (χ0v) is 15.7.